The summed E-state index contributed by atoms with van der Waals surface area (Å²) in [5, 5.41) is 4.97. The van der Waals surface area contributed by atoms with Crippen LogP contribution in [0.15, 0.2) is 9.32 Å². The average Bonchev–Trinajstić information content (AvgIpc) is 2.47. The number of nitrogens with zero attached hydrogens (tertiary/aromatic N) is 1. The smallest absolute Gasteiger partial charge is 0.344 e. The van der Waals surface area contributed by atoms with Crippen molar-refractivity contribution in [3.05, 3.63) is 16.4 Å². The molecule has 2 N–H and O–H groups in total. The normalized spacial score (nSPS) is 10.4. The predicted octanol–water partition coefficient (Wildman–Crippen LogP) is -0.756. The largest absolute Gasteiger partial charge is 0.438 e. The lowest BCUT2D eigenvalue weighted by Crippen LogP contribution is -2.29. The molecule has 1 aromatic heterocycles. The number of rotatable bonds is 3. The number of alkyl halides is 2. The van der Waals surface area contributed by atoms with E-state index in [2.05, 4.69) is 14.7 Å². The topological polar surface area (TPSA) is 88.0 Å². The van der Waals surface area contributed by atoms with E-state index in [-0.39, 0.29) is 12.4 Å². The van der Waals surface area contributed by atoms with Crippen molar-refractivity contribution >= 4 is 5.91 Å². The number of H-pyrrole nitrogens is 1. The SMILES string of the molecule is O=C(NCc1noc(=O)[nH]1)C(F)F. The van der Waals surface area contributed by atoms with Crippen molar-refractivity contribution < 1.29 is 18.1 Å². The Labute approximate surface area is 69.9 Å². The molecule has 0 aliphatic carbocycles. The second-order valence-electron chi connectivity index (χ2n) is 2.06. The van der Waals surface area contributed by atoms with Gasteiger partial charge in [0.25, 0.3) is 5.91 Å². The summed E-state index contributed by atoms with van der Waals surface area (Å²) in [6, 6.07) is 0. The highest BCUT2D eigenvalue weighted by molar-refractivity contribution is 5.78. The van der Waals surface area contributed by atoms with Crippen LogP contribution in [0, 0.1) is 0 Å². The van der Waals surface area contributed by atoms with Crippen molar-refractivity contribution in [2.24, 2.45) is 0 Å². The molecule has 0 saturated heterocycles. The van der Waals surface area contributed by atoms with Crippen LogP contribution >= 0.6 is 0 Å². The van der Waals surface area contributed by atoms with E-state index in [0.29, 0.717) is 0 Å². The van der Waals surface area contributed by atoms with E-state index in [9.17, 15) is 18.4 Å². The molecule has 1 rings (SSSR count). The third-order valence-corrected chi connectivity index (χ3v) is 1.11. The lowest BCUT2D eigenvalue weighted by Gasteiger charge is -1.99. The Morgan fingerprint density at radius 1 is 1.69 bits per heavy atom. The molecule has 72 valence electrons. The Balaban J connectivity index is 2.44. The number of amides is 1. The molecule has 0 aromatic carbocycles. The minimum absolute atomic E-state index is 0.0148. The van der Waals surface area contributed by atoms with Crippen molar-refractivity contribution in [2.45, 2.75) is 13.0 Å². The van der Waals surface area contributed by atoms with Crippen LogP contribution in [0.5, 0.6) is 0 Å². The number of nitrogens with one attached hydrogen (secondary N) is 2. The zero-order chi connectivity index (χ0) is 9.84. The van der Waals surface area contributed by atoms with E-state index < -0.39 is 18.1 Å². The van der Waals surface area contributed by atoms with Crippen LogP contribution in [-0.4, -0.2) is 22.5 Å². The highest BCUT2D eigenvalue weighted by Gasteiger charge is 2.14. The summed E-state index contributed by atoms with van der Waals surface area (Å²) in [5.74, 6) is -2.25. The van der Waals surface area contributed by atoms with Crippen LogP contribution in [0.1, 0.15) is 5.82 Å². The van der Waals surface area contributed by atoms with Crippen molar-refractivity contribution in [3.63, 3.8) is 0 Å². The quantitative estimate of drug-likeness (QED) is 0.660. The Bertz CT molecular complexity index is 345. The van der Waals surface area contributed by atoms with E-state index in [1.165, 1.54) is 0 Å². The number of hydrogen-bond donors (Lipinski definition) is 2. The number of carbonyl (C=O) groups is 1. The van der Waals surface area contributed by atoms with Gasteiger partial charge in [-0.1, -0.05) is 5.16 Å². The van der Waals surface area contributed by atoms with E-state index in [1.807, 2.05) is 5.32 Å². The van der Waals surface area contributed by atoms with E-state index >= 15 is 0 Å². The van der Waals surface area contributed by atoms with E-state index in [4.69, 9.17) is 0 Å². The zero-order valence-electron chi connectivity index (χ0n) is 6.21. The molecule has 0 bridgehead atoms. The molecule has 8 heteroatoms. The first-order valence-electron chi connectivity index (χ1n) is 3.20. The van der Waals surface area contributed by atoms with E-state index in [1.54, 1.807) is 0 Å². The van der Waals surface area contributed by atoms with Crippen LogP contribution in [-0.2, 0) is 11.3 Å². The molecule has 0 fully saturated rings. The van der Waals surface area contributed by atoms with Gasteiger partial charge in [-0.15, -0.1) is 0 Å². The minimum atomic E-state index is -3.08. The summed E-state index contributed by atoms with van der Waals surface area (Å²) in [6.07, 6.45) is -3.08. The van der Waals surface area contributed by atoms with Crippen LogP contribution in [0.25, 0.3) is 0 Å². The van der Waals surface area contributed by atoms with Gasteiger partial charge in [-0.2, -0.15) is 8.78 Å². The maximum absolute atomic E-state index is 11.6. The van der Waals surface area contributed by atoms with Crippen molar-refractivity contribution in [2.75, 3.05) is 0 Å². The molecule has 0 aliphatic rings. The lowest BCUT2D eigenvalue weighted by atomic mass is 10.5. The summed E-state index contributed by atoms with van der Waals surface area (Å²) in [5.41, 5.74) is 0. The molecule has 1 aromatic rings. The van der Waals surface area contributed by atoms with Gasteiger partial charge >= 0.3 is 12.2 Å². The first-order valence-corrected chi connectivity index (χ1v) is 3.20. The van der Waals surface area contributed by atoms with Crippen LogP contribution in [0.4, 0.5) is 8.78 Å². The Morgan fingerprint density at radius 3 is 2.85 bits per heavy atom. The fourth-order valence-electron chi connectivity index (χ4n) is 0.584. The molecule has 0 unspecified atom stereocenters. The molecule has 1 heterocycles. The fourth-order valence-corrected chi connectivity index (χ4v) is 0.584. The van der Waals surface area contributed by atoms with Gasteiger partial charge in [0.2, 0.25) is 0 Å². The molecular formula is C5H5F2N3O3. The third kappa shape index (κ3) is 2.65. The summed E-state index contributed by atoms with van der Waals surface area (Å²) in [7, 11) is 0. The molecule has 1 amide bonds. The number of aromatic nitrogens is 2. The molecule has 0 saturated carbocycles. The molecular weight excluding hydrogens is 188 g/mol. The van der Waals surface area contributed by atoms with Gasteiger partial charge in [-0.25, -0.2) is 4.79 Å². The summed E-state index contributed by atoms with van der Waals surface area (Å²) < 4.78 is 27.3. The monoisotopic (exact) mass is 193 g/mol. The molecule has 0 spiro atoms. The molecule has 0 radical (unpaired) electrons. The number of aromatic amines is 1. The number of carbonyl (C=O) groups excluding carboxylic acids is 1. The van der Waals surface area contributed by atoms with Gasteiger partial charge in [0.1, 0.15) is 0 Å². The second kappa shape index (κ2) is 3.78. The number of halogens is 2. The predicted molar refractivity (Wildman–Crippen MR) is 35.0 cm³/mol. The number of hydrogen-bond acceptors (Lipinski definition) is 4. The molecule has 0 aliphatic heterocycles. The van der Waals surface area contributed by atoms with Gasteiger partial charge in [-0.05, 0) is 0 Å². The van der Waals surface area contributed by atoms with Crippen LogP contribution < -0.4 is 11.1 Å². The van der Waals surface area contributed by atoms with Gasteiger partial charge < -0.3 is 5.32 Å². The molecule has 6 nitrogen and oxygen atoms in total. The zero-order valence-corrected chi connectivity index (χ0v) is 6.21. The second-order valence-corrected chi connectivity index (χ2v) is 2.06. The first-order chi connectivity index (χ1) is 6.09. The summed E-state index contributed by atoms with van der Waals surface area (Å²) in [4.78, 5) is 22.7. The third-order valence-electron chi connectivity index (χ3n) is 1.11. The van der Waals surface area contributed by atoms with E-state index in [0.717, 1.165) is 0 Å². The Hall–Kier alpha value is -1.73. The van der Waals surface area contributed by atoms with Crippen molar-refractivity contribution in [1.29, 1.82) is 0 Å². The highest BCUT2D eigenvalue weighted by atomic mass is 19.3. The minimum Gasteiger partial charge on any atom is -0.344 e. The van der Waals surface area contributed by atoms with Crippen LogP contribution in [0.3, 0.4) is 0 Å². The van der Waals surface area contributed by atoms with Crippen molar-refractivity contribution in [3.8, 4) is 0 Å². The summed E-state index contributed by atoms with van der Waals surface area (Å²) >= 11 is 0. The molecule has 13 heavy (non-hydrogen) atoms. The first kappa shape index (κ1) is 9.36. The average molecular weight is 193 g/mol. The lowest BCUT2D eigenvalue weighted by molar-refractivity contribution is -0.131. The maximum Gasteiger partial charge on any atom is 0.438 e. The van der Waals surface area contributed by atoms with Gasteiger partial charge in [0, 0.05) is 0 Å². The van der Waals surface area contributed by atoms with Crippen LogP contribution in [0.2, 0.25) is 0 Å². The van der Waals surface area contributed by atoms with Gasteiger partial charge in [-0.3, -0.25) is 14.3 Å². The summed E-state index contributed by atoms with van der Waals surface area (Å²) in [6.45, 7) is -0.297. The highest BCUT2D eigenvalue weighted by Crippen LogP contribution is 1.91. The van der Waals surface area contributed by atoms with Gasteiger partial charge in [0.05, 0.1) is 6.54 Å². The molecule has 0 atom stereocenters. The van der Waals surface area contributed by atoms with Crippen molar-refractivity contribution in [1.82, 2.24) is 15.5 Å². The fraction of sp³-hybridized carbons (Fsp3) is 0.400. The standard InChI is InChI=1S/C5H5F2N3O3/c6-3(7)4(11)8-1-2-9-5(12)13-10-2/h3H,1H2,(H,8,11)(H,9,10,12). The maximum atomic E-state index is 11.6. The van der Waals surface area contributed by atoms with Gasteiger partial charge in [0.15, 0.2) is 5.82 Å². The Morgan fingerprint density at radius 2 is 2.38 bits per heavy atom. The Kier molecular flexibility index (Phi) is 2.72.